The Balaban J connectivity index is 0.000000439. The van der Waals surface area contributed by atoms with Gasteiger partial charge in [0.1, 0.15) is 12.4 Å². The summed E-state index contributed by atoms with van der Waals surface area (Å²) in [6, 6.07) is 26.7. The number of thiophene rings is 1. The molecule has 1 heterocycles. The Kier molecular flexibility index (Phi) is 14.4. The van der Waals surface area contributed by atoms with E-state index in [2.05, 4.69) is 83.3 Å². The molecule has 0 unspecified atom stereocenters. The maximum Gasteiger partial charge on any atom is 0.129 e. The van der Waals surface area contributed by atoms with Gasteiger partial charge >= 0.3 is 0 Å². The van der Waals surface area contributed by atoms with Crippen molar-refractivity contribution in [3.8, 4) is 16.2 Å². The molecule has 0 saturated heterocycles. The van der Waals surface area contributed by atoms with Crippen molar-refractivity contribution in [3.63, 3.8) is 0 Å². The number of ether oxygens (including phenoxy) is 1. The van der Waals surface area contributed by atoms with Crippen LogP contribution in [0.5, 0.6) is 5.75 Å². The molecule has 0 spiro atoms. The molecule has 2 heteroatoms. The van der Waals surface area contributed by atoms with Crippen molar-refractivity contribution in [2.75, 3.05) is 0 Å². The van der Waals surface area contributed by atoms with Crippen LogP contribution in [0, 0.1) is 27.7 Å². The third-order valence-electron chi connectivity index (χ3n) is 5.12. The third kappa shape index (κ3) is 9.19. The van der Waals surface area contributed by atoms with Gasteiger partial charge in [-0.05, 0) is 73.0 Å². The van der Waals surface area contributed by atoms with Crippen molar-refractivity contribution in [2.24, 2.45) is 0 Å². The van der Waals surface area contributed by atoms with Crippen LogP contribution in [0.2, 0.25) is 0 Å². The van der Waals surface area contributed by atoms with E-state index in [0.717, 1.165) is 5.75 Å². The quantitative estimate of drug-likeness (QED) is 0.286. The van der Waals surface area contributed by atoms with Gasteiger partial charge in [0.25, 0.3) is 0 Å². The Hall–Kier alpha value is -2.84. The van der Waals surface area contributed by atoms with Crippen LogP contribution in [0.3, 0.4) is 0 Å². The van der Waals surface area contributed by atoms with Gasteiger partial charge < -0.3 is 4.74 Å². The fourth-order valence-electron chi connectivity index (χ4n) is 3.19. The summed E-state index contributed by atoms with van der Waals surface area (Å²) in [5, 5.41) is 2.15. The average Bonchev–Trinajstić information content (AvgIpc) is 3.30. The summed E-state index contributed by atoms with van der Waals surface area (Å²) in [4.78, 5) is 1.31. The summed E-state index contributed by atoms with van der Waals surface area (Å²) >= 11 is 1.79. The molecule has 182 valence electrons. The monoisotopic (exact) mass is 474 g/mol. The Morgan fingerprint density at radius 2 is 1.18 bits per heavy atom. The molecule has 4 aromatic rings. The first-order valence-electron chi connectivity index (χ1n) is 12.3. The zero-order valence-electron chi connectivity index (χ0n) is 22.3. The highest BCUT2D eigenvalue weighted by Crippen LogP contribution is 2.41. The van der Waals surface area contributed by atoms with Crippen LogP contribution in [0.15, 0.2) is 84.2 Å². The topological polar surface area (TPSA) is 9.23 Å². The van der Waals surface area contributed by atoms with Gasteiger partial charge in [0.15, 0.2) is 0 Å². The summed E-state index contributed by atoms with van der Waals surface area (Å²) in [5.41, 5.74) is 7.70. The molecule has 3 aromatic carbocycles. The first kappa shape index (κ1) is 29.2. The van der Waals surface area contributed by atoms with Gasteiger partial charge in [0.05, 0.1) is 0 Å². The minimum Gasteiger partial charge on any atom is -0.488 e. The third-order valence-corrected chi connectivity index (χ3v) is 6.15. The van der Waals surface area contributed by atoms with Crippen LogP contribution in [0.1, 0.15) is 61.9 Å². The lowest BCUT2D eigenvalue weighted by atomic mass is 9.95. The smallest absolute Gasteiger partial charge is 0.129 e. The lowest BCUT2D eigenvalue weighted by Gasteiger charge is -2.18. The zero-order chi connectivity index (χ0) is 25.3. The Morgan fingerprint density at radius 3 is 1.65 bits per heavy atom. The molecule has 1 aromatic heterocycles. The zero-order valence-corrected chi connectivity index (χ0v) is 23.1. The number of hydrogen-bond acceptors (Lipinski definition) is 2. The fourth-order valence-corrected chi connectivity index (χ4v) is 4.22. The molecule has 0 saturated carbocycles. The lowest BCUT2D eigenvalue weighted by Crippen LogP contribution is -2.00. The van der Waals surface area contributed by atoms with Crippen LogP contribution in [0.4, 0.5) is 0 Å². The summed E-state index contributed by atoms with van der Waals surface area (Å²) in [6.07, 6.45) is 1.25. The molecule has 0 atom stereocenters. The maximum atomic E-state index is 6.23. The van der Waals surface area contributed by atoms with E-state index in [0.29, 0.717) is 6.61 Å². The minimum absolute atomic E-state index is 0.597. The van der Waals surface area contributed by atoms with Crippen molar-refractivity contribution < 1.29 is 4.74 Å². The van der Waals surface area contributed by atoms with E-state index < -0.39 is 0 Å². The molecule has 0 N–H and O–H groups in total. The summed E-state index contributed by atoms with van der Waals surface area (Å²) in [7, 11) is 0. The second-order valence-corrected chi connectivity index (χ2v) is 8.80. The van der Waals surface area contributed by atoms with Gasteiger partial charge in [-0.1, -0.05) is 101 Å². The fraction of sp³-hybridized carbons (Fsp3) is 0.312. The van der Waals surface area contributed by atoms with Crippen LogP contribution in [-0.2, 0) is 6.61 Å². The van der Waals surface area contributed by atoms with Crippen molar-refractivity contribution in [1.82, 2.24) is 0 Å². The predicted molar refractivity (Wildman–Crippen MR) is 153 cm³/mol. The molecular weight excluding hydrogens is 432 g/mol. The van der Waals surface area contributed by atoms with E-state index in [9.17, 15) is 0 Å². The van der Waals surface area contributed by atoms with E-state index in [1.165, 1.54) is 44.7 Å². The minimum atomic E-state index is 0.597. The summed E-state index contributed by atoms with van der Waals surface area (Å²) in [5.74, 6) is 0.986. The first-order valence-corrected chi connectivity index (χ1v) is 13.2. The molecule has 0 aliphatic carbocycles. The molecule has 0 aliphatic rings. The molecular formula is C32H42OS. The second kappa shape index (κ2) is 16.7. The first-order chi connectivity index (χ1) is 16.5. The Labute approximate surface area is 212 Å². The van der Waals surface area contributed by atoms with Crippen molar-refractivity contribution >= 4 is 11.3 Å². The van der Waals surface area contributed by atoms with Crippen molar-refractivity contribution in [2.45, 2.75) is 68.4 Å². The number of rotatable bonds is 4. The van der Waals surface area contributed by atoms with E-state index in [1.807, 2.05) is 56.3 Å². The lowest BCUT2D eigenvalue weighted by molar-refractivity contribution is 0.307. The molecule has 1 nitrogen and oxygen atoms in total. The predicted octanol–water partition coefficient (Wildman–Crippen LogP) is 10.4. The highest BCUT2D eigenvalue weighted by molar-refractivity contribution is 7.13. The summed E-state index contributed by atoms with van der Waals surface area (Å²) in [6.45, 7) is 17.6. The van der Waals surface area contributed by atoms with Gasteiger partial charge in [-0.2, -0.15) is 0 Å². The molecule has 0 amide bonds. The van der Waals surface area contributed by atoms with Crippen LogP contribution < -0.4 is 4.74 Å². The van der Waals surface area contributed by atoms with E-state index in [-0.39, 0.29) is 0 Å². The SMILES string of the molecule is CC.CCC.Cc1ccsc1-c1c(OCc2ccccc2)cc(C)c(C)c1C.c1ccccc1. The molecule has 0 radical (unpaired) electrons. The molecule has 0 aliphatic heterocycles. The van der Waals surface area contributed by atoms with Crippen molar-refractivity contribution in [3.05, 3.63) is 112 Å². The van der Waals surface area contributed by atoms with E-state index in [1.54, 1.807) is 11.3 Å². The molecule has 34 heavy (non-hydrogen) atoms. The second-order valence-electron chi connectivity index (χ2n) is 7.89. The van der Waals surface area contributed by atoms with Gasteiger partial charge in [-0.25, -0.2) is 0 Å². The highest BCUT2D eigenvalue weighted by Gasteiger charge is 2.16. The van der Waals surface area contributed by atoms with Crippen LogP contribution in [0.25, 0.3) is 10.4 Å². The number of benzene rings is 3. The number of hydrogen-bond donors (Lipinski definition) is 0. The van der Waals surface area contributed by atoms with Gasteiger partial charge in [-0.15, -0.1) is 11.3 Å². The largest absolute Gasteiger partial charge is 0.488 e. The van der Waals surface area contributed by atoms with E-state index in [4.69, 9.17) is 4.74 Å². The van der Waals surface area contributed by atoms with Crippen LogP contribution in [-0.4, -0.2) is 0 Å². The summed E-state index contributed by atoms with van der Waals surface area (Å²) < 4.78 is 6.23. The molecule has 0 bridgehead atoms. The van der Waals surface area contributed by atoms with Gasteiger partial charge in [-0.3, -0.25) is 0 Å². The van der Waals surface area contributed by atoms with E-state index >= 15 is 0 Å². The molecule has 4 rings (SSSR count). The standard InChI is InChI=1S/C21H22OS.C6H6.C3H8.C2H6/c1-14-10-11-23-21(14)20-17(4)16(3)15(2)12-19(20)22-13-18-8-6-5-7-9-18;1-2-4-6-5-3-1;1-3-2;1-2/h5-12H,13H2,1-4H3;1-6H;3H2,1-2H3;1-2H3. The maximum absolute atomic E-state index is 6.23. The highest BCUT2D eigenvalue weighted by atomic mass is 32.1. The Bertz CT molecular complexity index is 1020. The number of aryl methyl sites for hydroxylation is 2. The van der Waals surface area contributed by atoms with Gasteiger partial charge in [0.2, 0.25) is 0 Å². The van der Waals surface area contributed by atoms with Crippen LogP contribution >= 0.6 is 11.3 Å². The molecule has 0 fully saturated rings. The Morgan fingerprint density at radius 1 is 0.676 bits per heavy atom. The van der Waals surface area contributed by atoms with Crippen molar-refractivity contribution in [1.29, 1.82) is 0 Å². The average molecular weight is 475 g/mol. The van der Waals surface area contributed by atoms with Gasteiger partial charge in [0, 0.05) is 10.4 Å². The normalized spacial score (nSPS) is 9.41.